The molecule has 212 valence electrons. The van der Waals surface area contributed by atoms with Crippen LogP contribution in [0.5, 0.6) is 5.75 Å². The maximum atomic E-state index is 13.8. The van der Waals surface area contributed by atoms with Crippen LogP contribution in [0, 0.1) is 0 Å². The maximum Gasteiger partial charge on any atom is 0.267 e. The van der Waals surface area contributed by atoms with Crippen molar-refractivity contribution in [3.63, 3.8) is 0 Å². The average molecular weight is 583 g/mol. The van der Waals surface area contributed by atoms with E-state index in [-0.39, 0.29) is 11.5 Å². The van der Waals surface area contributed by atoms with Crippen LogP contribution < -0.4 is 20.5 Å². The topological polar surface area (TPSA) is 118 Å². The quantitative estimate of drug-likeness (QED) is 0.297. The number of nitrogens with zero attached hydrogens (tertiary/aromatic N) is 7. The van der Waals surface area contributed by atoms with Crippen molar-refractivity contribution >= 4 is 40.0 Å². The molecule has 1 unspecified atom stereocenters. The maximum absolute atomic E-state index is 13.8. The molecule has 0 spiro atoms. The van der Waals surface area contributed by atoms with E-state index in [4.69, 9.17) is 21.3 Å². The number of halogens is 1. The van der Waals surface area contributed by atoms with E-state index in [1.807, 2.05) is 36.1 Å². The first-order valence-corrected chi connectivity index (χ1v) is 13.6. The predicted octanol–water partition coefficient (Wildman–Crippen LogP) is 4.46. The van der Waals surface area contributed by atoms with Crippen LogP contribution >= 0.6 is 11.6 Å². The van der Waals surface area contributed by atoms with E-state index < -0.39 is 6.04 Å². The second-order valence-corrected chi connectivity index (χ2v) is 10.3. The summed E-state index contributed by atoms with van der Waals surface area (Å²) in [5, 5.41) is 3.96. The van der Waals surface area contributed by atoms with Gasteiger partial charge in [0.15, 0.2) is 0 Å². The molecule has 1 N–H and O–H groups in total. The molecule has 0 saturated carbocycles. The first-order valence-electron chi connectivity index (χ1n) is 13.2. The number of fused-ring (bicyclic) bond motifs is 2. The number of aromatic nitrogens is 5. The summed E-state index contributed by atoms with van der Waals surface area (Å²) in [6.45, 7) is 2.73. The molecular formula is C30H27ClN8O3. The Hall–Kier alpha value is -5.03. The standard InChI is InChI=1S/C30H27ClN8O3/c1-18(27-36-23-8-4-7-22(31)24(23)30(41)39(27)20-6-5-13-32-14-20)35-26-25-28(34-16-33-26)38(17-37(2)29(25)40)15-19-9-11-21(42-3)12-10-19/h4-14,16,18H,15,17H2,1-3H3,(H,33,34,35). The van der Waals surface area contributed by atoms with Gasteiger partial charge in [-0.2, -0.15) is 0 Å². The number of hydrogen-bond donors (Lipinski definition) is 1. The van der Waals surface area contributed by atoms with Gasteiger partial charge < -0.3 is 19.9 Å². The Morgan fingerprint density at radius 2 is 1.88 bits per heavy atom. The second-order valence-electron chi connectivity index (χ2n) is 9.93. The lowest BCUT2D eigenvalue weighted by Gasteiger charge is -2.36. The monoisotopic (exact) mass is 582 g/mol. The Morgan fingerprint density at radius 3 is 2.62 bits per heavy atom. The minimum atomic E-state index is -0.560. The molecule has 0 saturated heterocycles. The number of nitrogens with one attached hydrogen (secondary N) is 1. The van der Waals surface area contributed by atoms with Crippen LogP contribution in [0.4, 0.5) is 11.6 Å². The molecule has 12 heteroatoms. The van der Waals surface area contributed by atoms with Crippen molar-refractivity contribution in [3.8, 4) is 11.4 Å². The van der Waals surface area contributed by atoms with Crippen LogP contribution in [0.3, 0.4) is 0 Å². The zero-order valence-corrected chi connectivity index (χ0v) is 23.9. The van der Waals surface area contributed by atoms with Crippen molar-refractivity contribution in [3.05, 3.63) is 106 Å². The Bertz CT molecular complexity index is 1850. The van der Waals surface area contributed by atoms with E-state index in [0.29, 0.717) is 57.8 Å². The molecule has 11 nitrogen and oxygen atoms in total. The van der Waals surface area contributed by atoms with E-state index in [1.54, 1.807) is 61.8 Å². The number of carbonyl (C=O) groups is 1. The van der Waals surface area contributed by atoms with Crippen molar-refractivity contribution in [2.24, 2.45) is 0 Å². The van der Waals surface area contributed by atoms with E-state index in [0.717, 1.165) is 11.3 Å². The molecule has 42 heavy (non-hydrogen) atoms. The third-order valence-corrected chi connectivity index (χ3v) is 7.43. The third kappa shape index (κ3) is 4.88. The first kappa shape index (κ1) is 27.2. The number of rotatable bonds is 7. The van der Waals surface area contributed by atoms with Gasteiger partial charge in [-0.3, -0.25) is 19.1 Å². The molecule has 0 bridgehead atoms. The fraction of sp³-hybridized carbons (Fsp3) is 0.200. The van der Waals surface area contributed by atoms with Crippen LogP contribution in [-0.2, 0) is 6.54 Å². The molecule has 1 aliphatic rings. The fourth-order valence-electron chi connectivity index (χ4n) is 5.08. The van der Waals surface area contributed by atoms with Gasteiger partial charge >= 0.3 is 0 Å². The molecule has 0 radical (unpaired) electrons. The highest BCUT2D eigenvalue weighted by Gasteiger charge is 2.33. The first-order chi connectivity index (χ1) is 20.4. The van der Waals surface area contributed by atoms with Crippen molar-refractivity contribution in [2.45, 2.75) is 19.5 Å². The molecule has 1 amide bonds. The van der Waals surface area contributed by atoms with E-state index in [2.05, 4.69) is 20.3 Å². The van der Waals surface area contributed by atoms with Gasteiger partial charge in [-0.25, -0.2) is 15.0 Å². The normalized spacial score (nSPS) is 13.7. The summed E-state index contributed by atoms with van der Waals surface area (Å²) < 4.78 is 6.76. The minimum Gasteiger partial charge on any atom is -0.497 e. The zero-order valence-electron chi connectivity index (χ0n) is 23.2. The number of anilines is 2. The SMILES string of the molecule is COc1ccc(CN2CN(C)C(=O)c3c(NC(C)c4nc5cccc(Cl)c5c(=O)n4-c4cccnc4)ncnc32)cc1. The van der Waals surface area contributed by atoms with Crippen LogP contribution in [0.1, 0.15) is 34.7 Å². The number of amides is 1. The van der Waals surface area contributed by atoms with Gasteiger partial charge in [-0.1, -0.05) is 29.8 Å². The number of pyridine rings is 1. The molecule has 2 aromatic carbocycles. The Kier molecular flexibility index (Phi) is 7.17. The lowest BCUT2D eigenvalue weighted by atomic mass is 10.1. The van der Waals surface area contributed by atoms with E-state index in [9.17, 15) is 9.59 Å². The second kappa shape index (κ2) is 11.1. The van der Waals surface area contributed by atoms with Gasteiger partial charge in [0.1, 0.15) is 35.1 Å². The highest BCUT2D eigenvalue weighted by Crippen LogP contribution is 2.32. The number of methoxy groups -OCH3 is 1. The number of ether oxygens (including phenoxy) is 1. The van der Waals surface area contributed by atoms with Gasteiger partial charge in [0.25, 0.3) is 11.5 Å². The van der Waals surface area contributed by atoms with Crippen molar-refractivity contribution in [2.75, 3.05) is 31.0 Å². The van der Waals surface area contributed by atoms with Gasteiger partial charge in [0.05, 0.1) is 47.6 Å². The summed E-state index contributed by atoms with van der Waals surface area (Å²) in [6, 6.07) is 15.9. The van der Waals surface area contributed by atoms with Crippen molar-refractivity contribution in [1.82, 2.24) is 29.4 Å². The Labute approximate surface area is 246 Å². The van der Waals surface area contributed by atoms with Crippen LogP contribution in [-0.4, -0.2) is 56.1 Å². The molecule has 4 heterocycles. The summed E-state index contributed by atoms with van der Waals surface area (Å²) in [7, 11) is 3.36. The van der Waals surface area contributed by atoms with Crippen molar-refractivity contribution in [1.29, 1.82) is 0 Å². The van der Waals surface area contributed by atoms with Crippen LogP contribution in [0.25, 0.3) is 16.6 Å². The van der Waals surface area contributed by atoms with Gasteiger partial charge in [-0.15, -0.1) is 0 Å². The highest BCUT2D eigenvalue weighted by molar-refractivity contribution is 6.35. The van der Waals surface area contributed by atoms with Gasteiger partial charge in [0, 0.05) is 19.8 Å². The molecular weight excluding hydrogens is 556 g/mol. The molecule has 5 aromatic rings. The molecule has 1 aliphatic heterocycles. The van der Waals surface area contributed by atoms with Crippen molar-refractivity contribution < 1.29 is 9.53 Å². The largest absolute Gasteiger partial charge is 0.497 e. The number of carbonyl (C=O) groups excluding carboxylic acids is 1. The van der Waals surface area contributed by atoms with E-state index >= 15 is 0 Å². The summed E-state index contributed by atoms with van der Waals surface area (Å²) in [6.07, 6.45) is 4.64. The minimum absolute atomic E-state index is 0.214. The lowest BCUT2D eigenvalue weighted by molar-refractivity contribution is 0.0781. The Balaban J connectivity index is 1.41. The van der Waals surface area contributed by atoms with E-state index in [1.165, 1.54) is 10.9 Å². The molecule has 3 aromatic heterocycles. The van der Waals surface area contributed by atoms with Gasteiger partial charge in [0.2, 0.25) is 0 Å². The fourth-order valence-corrected chi connectivity index (χ4v) is 5.33. The Morgan fingerprint density at radius 1 is 1.07 bits per heavy atom. The van der Waals surface area contributed by atoms with Crippen LogP contribution in [0.2, 0.25) is 5.02 Å². The molecule has 0 fully saturated rings. The van der Waals surface area contributed by atoms with Gasteiger partial charge in [-0.05, 0) is 48.9 Å². The molecule has 1 atom stereocenters. The number of benzene rings is 2. The summed E-state index contributed by atoms with van der Waals surface area (Å²) >= 11 is 6.42. The predicted molar refractivity (Wildman–Crippen MR) is 160 cm³/mol. The molecule has 6 rings (SSSR count). The van der Waals surface area contributed by atoms with Crippen LogP contribution in [0.15, 0.2) is 78.1 Å². The summed E-state index contributed by atoms with van der Waals surface area (Å²) in [5.74, 6) is 1.81. The average Bonchev–Trinajstić information content (AvgIpc) is 3.00. The summed E-state index contributed by atoms with van der Waals surface area (Å²) in [5.41, 5.74) is 2.04. The third-order valence-electron chi connectivity index (χ3n) is 7.12. The zero-order chi connectivity index (χ0) is 29.4. The number of hydrogen-bond acceptors (Lipinski definition) is 9. The lowest BCUT2D eigenvalue weighted by Crippen LogP contribution is -2.45. The highest BCUT2D eigenvalue weighted by atomic mass is 35.5. The smallest absolute Gasteiger partial charge is 0.267 e. The molecule has 0 aliphatic carbocycles. The summed E-state index contributed by atoms with van der Waals surface area (Å²) in [4.78, 5) is 48.8.